The molecular formula is C19H28N4O2S. The van der Waals surface area contributed by atoms with Gasteiger partial charge in [-0.2, -0.15) is 8.75 Å². The molecule has 3 heterocycles. The van der Waals surface area contributed by atoms with Crippen LogP contribution in [0.4, 0.5) is 0 Å². The number of hydrogen-bond donors (Lipinski definition) is 0. The lowest BCUT2D eigenvalue weighted by molar-refractivity contribution is -0.140. The quantitative estimate of drug-likeness (QED) is 0.810. The molecule has 0 N–H and O–H groups in total. The molecule has 3 aliphatic rings. The van der Waals surface area contributed by atoms with Crippen molar-refractivity contribution in [2.75, 3.05) is 19.6 Å². The van der Waals surface area contributed by atoms with Gasteiger partial charge < -0.3 is 9.80 Å². The van der Waals surface area contributed by atoms with Crippen LogP contribution in [0.3, 0.4) is 0 Å². The molecule has 2 aliphatic heterocycles. The summed E-state index contributed by atoms with van der Waals surface area (Å²) in [5, 5.41) is 0. The van der Waals surface area contributed by atoms with Crippen LogP contribution in [0.25, 0.3) is 0 Å². The van der Waals surface area contributed by atoms with E-state index >= 15 is 0 Å². The smallest absolute Gasteiger partial charge is 0.275 e. The predicted molar refractivity (Wildman–Crippen MR) is 99.8 cm³/mol. The fraction of sp³-hybridized carbons (Fsp3) is 0.789. The van der Waals surface area contributed by atoms with Gasteiger partial charge in [-0.15, -0.1) is 0 Å². The fourth-order valence-corrected chi connectivity index (χ4v) is 5.45. The molecule has 7 heteroatoms. The lowest BCUT2D eigenvalue weighted by atomic mass is 9.82. The van der Waals surface area contributed by atoms with E-state index in [2.05, 4.69) is 13.6 Å². The van der Waals surface area contributed by atoms with Gasteiger partial charge in [-0.1, -0.05) is 32.1 Å². The Kier molecular flexibility index (Phi) is 5.52. The van der Waals surface area contributed by atoms with Gasteiger partial charge in [-0.3, -0.25) is 9.59 Å². The third kappa shape index (κ3) is 3.77. The summed E-state index contributed by atoms with van der Waals surface area (Å²) >= 11 is 1.08. The van der Waals surface area contributed by atoms with Crippen molar-refractivity contribution in [2.24, 2.45) is 11.8 Å². The van der Waals surface area contributed by atoms with E-state index in [1.165, 1.54) is 32.1 Å². The minimum absolute atomic E-state index is 0.0112. The molecule has 0 aromatic carbocycles. The first-order valence-corrected chi connectivity index (χ1v) is 10.8. The monoisotopic (exact) mass is 376 g/mol. The van der Waals surface area contributed by atoms with Crippen molar-refractivity contribution in [3.05, 3.63) is 11.9 Å². The molecule has 6 nitrogen and oxygen atoms in total. The van der Waals surface area contributed by atoms with Crippen molar-refractivity contribution in [3.8, 4) is 0 Å². The predicted octanol–water partition coefficient (Wildman–Crippen LogP) is 2.96. The standard InChI is InChI=1S/C19H28N4O2S/c24-18-7-6-15-13-22(19(25)16-12-20-26-21-16)10-9-17(15)23(18)11-8-14-4-2-1-3-5-14/h12,14-15,17H,1-11,13H2/t15-,17+/m1/s1. The summed E-state index contributed by atoms with van der Waals surface area (Å²) in [5.41, 5.74) is 0.453. The zero-order valence-electron chi connectivity index (χ0n) is 15.3. The number of piperidine rings is 2. The van der Waals surface area contributed by atoms with E-state index in [1.54, 1.807) is 6.20 Å². The second-order valence-electron chi connectivity index (χ2n) is 8.08. The highest BCUT2D eigenvalue weighted by atomic mass is 32.1. The van der Waals surface area contributed by atoms with E-state index in [1.807, 2.05) is 4.90 Å². The minimum Gasteiger partial charge on any atom is -0.339 e. The molecule has 1 aliphatic carbocycles. The van der Waals surface area contributed by atoms with Crippen LogP contribution in [0, 0.1) is 11.8 Å². The first-order valence-electron chi connectivity index (χ1n) is 10.1. The molecule has 2 saturated heterocycles. The molecule has 3 fully saturated rings. The number of amides is 2. The number of nitrogens with zero attached hydrogens (tertiary/aromatic N) is 4. The molecule has 2 amide bonds. The summed E-state index contributed by atoms with van der Waals surface area (Å²) in [6.45, 7) is 2.37. The van der Waals surface area contributed by atoms with Gasteiger partial charge in [0.25, 0.3) is 5.91 Å². The fourth-order valence-electron chi connectivity index (χ4n) is 5.04. The maximum atomic E-state index is 12.6. The summed E-state index contributed by atoms with van der Waals surface area (Å²) < 4.78 is 8.02. The van der Waals surface area contributed by atoms with Gasteiger partial charge in [0.05, 0.1) is 17.9 Å². The average molecular weight is 377 g/mol. The molecule has 0 radical (unpaired) electrons. The zero-order chi connectivity index (χ0) is 17.9. The molecule has 4 rings (SSSR count). The molecule has 0 unspecified atom stereocenters. The van der Waals surface area contributed by atoms with Crippen molar-refractivity contribution in [2.45, 2.75) is 63.8 Å². The number of carbonyl (C=O) groups excluding carboxylic acids is 2. The number of rotatable bonds is 4. The van der Waals surface area contributed by atoms with Gasteiger partial charge in [0.15, 0.2) is 5.69 Å². The van der Waals surface area contributed by atoms with Crippen LogP contribution in [0.1, 0.15) is 68.3 Å². The Morgan fingerprint density at radius 3 is 2.81 bits per heavy atom. The Morgan fingerprint density at radius 2 is 2.04 bits per heavy atom. The van der Waals surface area contributed by atoms with E-state index < -0.39 is 0 Å². The van der Waals surface area contributed by atoms with Crippen molar-refractivity contribution in [1.82, 2.24) is 18.5 Å². The number of aromatic nitrogens is 2. The van der Waals surface area contributed by atoms with Crippen molar-refractivity contribution in [3.63, 3.8) is 0 Å². The van der Waals surface area contributed by atoms with Gasteiger partial charge in [0.1, 0.15) is 0 Å². The van der Waals surface area contributed by atoms with E-state index in [0.717, 1.165) is 50.0 Å². The molecule has 2 atom stereocenters. The summed E-state index contributed by atoms with van der Waals surface area (Å²) in [5.74, 6) is 1.52. The topological polar surface area (TPSA) is 66.4 Å². The van der Waals surface area contributed by atoms with Crippen LogP contribution in [-0.2, 0) is 4.79 Å². The maximum Gasteiger partial charge on any atom is 0.275 e. The van der Waals surface area contributed by atoms with E-state index in [9.17, 15) is 9.59 Å². The van der Waals surface area contributed by atoms with Crippen LogP contribution in [-0.4, -0.2) is 56.0 Å². The molecule has 1 saturated carbocycles. The van der Waals surface area contributed by atoms with Gasteiger partial charge in [0, 0.05) is 32.1 Å². The SMILES string of the molecule is O=C(c1cnsn1)N1CC[C@H]2[C@H](CCC(=O)N2CCC2CCCCC2)C1. The first kappa shape index (κ1) is 17.9. The molecule has 26 heavy (non-hydrogen) atoms. The lowest BCUT2D eigenvalue weighted by Gasteiger charge is -2.47. The van der Waals surface area contributed by atoms with Crippen molar-refractivity contribution >= 4 is 23.5 Å². The summed E-state index contributed by atoms with van der Waals surface area (Å²) in [6, 6.07) is 0.317. The van der Waals surface area contributed by atoms with Crippen LogP contribution < -0.4 is 0 Å². The molecule has 0 spiro atoms. The number of carbonyl (C=O) groups is 2. The Labute approximate surface area is 159 Å². The molecule has 142 valence electrons. The third-order valence-corrected chi connectivity index (χ3v) is 6.99. The number of likely N-dealkylation sites (tertiary alicyclic amines) is 2. The second-order valence-corrected chi connectivity index (χ2v) is 8.64. The van der Waals surface area contributed by atoms with Gasteiger partial charge in [-0.05, 0) is 31.1 Å². The second kappa shape index (κ2) is 8.03. The Morgan fingerprint density at radius 1 is 1.19 bits per heavy atom. The minimum atomic E-state index is -0.0112. The molecule has 1 aromatic rings. The van der Waals surface area contributed by atoms with Gasteiger partial charge in [0.2, 0.25) is 5.91 Å². The normalized spacial score (nSPS) is 27.5. The summed E-state index contributed by atoms with van der Waals surface area (Å²) in [4.78, 5) is 29.2. The third-order valence-electron chi connectivity index (χ3n) is 6.51. The Bertz CT molecular complexity index is 629. The van der Waals surface area contributed by atoms with Crippen LogP contribution in [0.15, 0.2) is 6.20 Å². The summed E-state index contributed by atoms with van der Waals surface area (Å²) in [6.07, 6.45) is 11.9. The molecular weight excluding hydrogens is 348 g/mol. The first-order chi connectivity index (χ1) is 12.7. The average Bonchev–Trinajstić information content (AvgIpc) is 3.22. The van der Waals surface area contributed by atoms with E-state index in [-0.39, 0.29) is 5.91 Å². The van der Waals surface area contributed by atoms with Crippen LogP contribution >= 0.6 is 11.7 Å². The largest absolute Gasteiger partial charge is 0.339 e. The summed E-state index contributed by atoms with van der Waals surface area (Å²) in [7, 11) is 0. The van der Waals surface area contributed by atoms with Crippen molar-refractivity contribution < 1.29 is 9.59 Å². The van der Waals surface area contributed by atoms with E-state index in [4.69, 9.17) is 0 Å². The number of fused-ring (bicyclic) bond motifs is 1. The lowest BCUT2D eigenvalue weighted by Crippen LogP contribution is -2.57. The Balaban J connectivity index is 1.36. The van der Waals surface area contributed by atoms with Gasteiger partial charge in [-0.25, -0.2) is 0 Å². The number of hydrogen-bond acceptors (Lipinski definition) is 5. The molecule has 0 bridgehead atoms. The van der Waals surface area contributed by atoms with E-state index in [0.29, 0.717) is 36.5 Å². The molecule has 1 aromatic heterocycles. The van der Waals surface area contributed by atoms with Gasteiger partial charge >= 0.3 is 0 Å². The zero-order valence-corrected chi connectivity index (χ0v) is 16.1. The van der Waals surface area contributed by atoms with Crippen LogP contribution in [0.5, 0.6) is 0 Å². The highest BCUT2D eigenvalue weighted by molar-refractivity contribution is 6.99. The maximum absolute atomic E-state index is 12.6. The Hall–Kier alpha value is -1.50. The van der Waals surface area contributed by atoms with Crippen molar-refractivity contribution in [1.29, 1.82) is 0 Å². The highest BCUT2D eigenvalue weighted by Gasteiger charge is 2.40. The highest BCUT2D eigenvalue weighted by Crippen LogP contribution is 2.33. The van der Waals surface area contributed by atoms with Crippen LogP contribution in [0.2, 0.25) is 0 Å².